The molecule has 4 aromatic rings. The van der Waals surface area contributed by atoms with Crippen molar-refractivity contribution in [2.75, 3.05) is 0 Å². The number of halogens is 2. The number of fused-ring (bicyclic) bond motifs is 2. The summed E-state index contributed by atoms with van der Waals surface area (Å²) in [7, 11) is 17.5. The number of aryl methyl sites for hydroxylation is 2. The maximum atomic E-state index is 8.75. The van der Waals surface area contributed by atoms with Crippen LogP contribution in [0.2, 0.25) is 13.1 Å². The summed E-state index contributed by atoms with van der Waals surface area (Å²) in [5.74, 6) is -0.942. The van der Waals surface area contributed by atoms with E-state index in [1.807, 2.05) is 0 Å². The fraction of sp³-hybridized carbons (Fsp3) is 0.333. The van der Waals surface area contributed by atoms with Gasteiger partial charge >= 0.3 is 289 Å². The summed E-state index contributed by atoms with van der Waals surface area (Å²) in [5.41, 5.74) is 16.4. The van der Waals surface area contributed by atoms with Gasteiger partial charge in [0, 0.05) is 0 Å². The Hall–Kier alpha value is -1.97. The SMILES string of the molecule is CCc1ccccc1-c1cccc2c1C=C(C(C)C)[CH]2[Hf]([Cl])([Cl])([CH]1C(C(C)C)=Cc2c(-c3ccccc3CC)cccc21)[SiH](C)C. The molecule has 4 heteroatoms. The molecule has 6 rings (SSSR count). The van der Waals surface area contributed by atoms with Crippen LogP contribution in [0, 0.1) is 11.8 Å². The van der Waals surface area contributed by atoms with Crippen LogP contribution in [0.15, 0.2) is 96.1 Å². The van der Waals surface area contributed by atoms with Gasteiger partial charge in [0.1, 0.15) is 0 Å². The molecular weight excluding hydrogens is 782 g/mol. The summed E-state index contributed by atoms with van der Waals surface area (Å²) in [6, 6.07) is 31.7. The average molecular weight is 831 g/mol. The Morgan fingerprint density at radius 2 is 0.935 bits per heavy atom. The summed E-state index contributed by atoms with van der Waals surface area (Å²) in [4.78, 5) is 0. The normalized spacial score (nSPS) is 18.4. The zero-order valence-electron chi connectivity index (χ0n) is 28.8. The summed E-state index contributed by atoms with van der Waals surface area (Å²) < 4.78 is 0.195. The summed E-state index contributed by atoms with van der Waals surface area (Å²) in [6.45, 7) is 18.8. The first-order valence-electron chi connectivity index (χ1n) is 17.4. The number of hydrogen-bond acceptors (Lipinski definition) is 0. The van der Waals surface area contributed by atoms with Gasteiger partial charge in [-0.15, -0.1) is 0 Å². The van der Waals surface area contributed by atoms with E-state index in [2.05, 4.69) is 152 Å². The molecule has 0 bridgehead atoms. The van der Waals surface area contributed by atoms with Gasteiger partial charge in [-0.25, -0.2) is 0 Å². The van der Waals surface area contributed by atoms with Crippen molar-refractivity contribution >= 4 is 35.3 Å². The molecule has 0 fully saturated rings. The summed E-state index contributed by atoms with van der Waals surface area (Å²) in [6.07, 6.45) is 7.02. The van der Waals surface area contributed by atoms with E-state index in [-0.39, 0.29) is 7.35 Å². The molecule has 0 aliphatic heterocycles. The van der Waals surface area contributed by atoms with Gasteiger partial charge in [0.15, 0.2) is 0 Å². The van der Waals surface area contributed by atoms with Gasteiger partial charge in [-0.05, 0) is 0 Å². The van der Waals surface area contributed by atoms with E-state index in [0.717, 1.165) is 12.8 Å². The van der Waals surface area contributed by atoms with Crippen molar-refractivity contribution in [1.82, 2.24) is 0 Å². The Balaban J connectivity index is 1.63. The van der Waals surface area contributed by atoms with Crippen LogP contribution in [0.1, 0.15) is 82.3 Å². The number of benzene rings is 4. The number of hydrogen-bond donors (Lipinski definition) is 0. The summed E-state index contributed by atoms with van der Waals surface area (Å²) >= 11 is -5.04. The van der Waals surface area contributed by atoms with Crippen LogP contribution >= 0.6 is 17.2 Å². The minimum absolute atomic E-state index is 0.0976. The van der Waals surface area contributed by atoms with Crippen LogP contribution in [0.4, 0.5) is 0 Å². The molecule has 0 amide bonds. The van der Waals surface area contributed by atoms with Gasteiger partial charge in [0.25, 0.3) is 0 Å². The van der Waals surface area contributed by atoms with E-state index in [1.54, 1.807) is 0 Å². The molecule has 2 unspecified atom stereocenters. The van der Waals surface area contributed by atoms with E-state index in [1.165, 1.54) is 66.8 Å². The third-order valence-electron chi connectivity index (χ3n) is 11.1. The maximum absolute atomic E-state index is 8.75. The molecule has 2 atom stereocenters. The Morgan fingerprint density at radius 1 is 0.565 bits per heavy atom. The Labute approximate surface area is 286 Å². The second-order valence-corrected chi connectivity index (χ2v) is 73.8. The van der Waals surface area contributed by atoms with E-state index in [0.29, 0.717) is 11.8 Å². The van der Waals surface area contributed by atoms with Crippen LogP contribution in [0.3, 0.4) is 0 Å². The number of allylic oxidation sites excluding steroid dienone is 2. The molecule has 46 heavy (non-hydrogen) atoms. The number of rotatable bonds is 9. The topological polar surface area (TPSA) is 0 Å². The van der Waals surface area contributed by atoms with Crippen LogP contribution in [0.5, 0.6) is 0 Å². The van der Waals surface area contributed by atoms with Crippen LogP contribution in [-0.2, 0) is 28.1 Å². The van der Waals surface area contributed by atoms with E-state index >= 15 is 0 Å². The third kappa shape index (κ3) is 5.25. The van der Waals surface area contributed by atoms with Crippen molar-refractivity contribution in [2.24, 2.45) is 11.8 Å². The first kappa shape index (κ1) is 33.9. The molecule has 4 aromatic carbocycles. The van der Waals surface area contributed by atoms with Crippen molar-refractivity contribution in [3.05, 3.63) is 129 Å². The van der Waals surface area contributed by atoms with Crippen molar-refractivity contribution in [1.29, 1.82) is 0 Å². The zero-order chi connectivity index (χ0) is 33.0. The van der Waals surface area contributed by atoms with E-state index < -0.39 is 21.3 Å². The van der Waals surface area contributed by atoms with Crippen LogP contribution < -0.4 is 0 Å². The Kier molecular flexibility index (Phi) is 9.44. The van der Waals surface area contributed by atoms with Crippen LogP contribution in [0.25, 0.3) is 34.4 Å². The third-order valence-corrected chi connectivity index (χ3v) is 83.7. The van der Waals surface area contributed by atoms with E-state index in [4.69, 9.17) is 17.2 Å². The van der Waals surface area contributed by atoms with E-state index in [9.17, 15) is 0 Å². The van der Waals surface area contributed by atoms with Gasteiger partial charge in [-0.1, -0.05) is 0 Å². The molecule has 239 valence electrons. The molecule has 0 N–H and O–H groups in total. The van der Waals surface area contributed by atoms with Crippen molar-refractivity contribution in [3.8, 4) is 22.3 Å². The zero-order valence-corrected chi connectivity index (χ0v) is 35.1. The first-order chi connectivity index (χ1) is 21.9. The van der Waals surface area contributed by atoms with Gasteiger partial charge in [0.2, 0.25) is 0 Å². The van der Waals surface area contributed by atoms with Gasteiger partial charge in [-0.2, -0.15) is 0 Å². The molecular formula is C42H49Cl2HfSi. The molecule has 0 radical (unpaired) electrons. The second kappa shape index (κ2) is 12.8. The van der Waals surface area contributed by atoms with Crippen LogP contribution in [-0.4, -0.2) is 5.98 Å². The molecule has 0 saturated carbocycles. The first-order valence-corrected chi connectivity index (χ1v) is 39.5. The fourth-order valence-electron chi connectivity index (χ4n) is 8.57. The predicted octanol–water partition coefficient (Wildman–Crippen LogP) is 13.0. The molecule has 0 saturated heterocycles. The monoisotopic (exact) mass is 831 g/mol. The molecule has 0 spiro atoms. The summed E-state index contributed by atoms with van der Waals surface area (Å²) in [5, 5.41) is 0. The predicted molar refractivity (Wildman–Crippen MR) is 204 cm³/mol. The van der Waals surface area contributed by atoms with Gasteiger partial charge in [-0.3, -0.25) is 0 Å². The quantitative estimate of drug-likeness (QED) is 0.147. The van der Waals surface area contributed by atoms with Crippen molar-refractivity contribution in [3.63, 3.8) is 0 Å². The second-order valence-electron chi connectivity index (χ2n) is 14.5. The van der Waals surface area contributed by atoms with Gasteiger partial charge in [0.05, 0.1) is 0 Å². The standard InChI is InChI=1S/2C20H21.C2H7Si.2ClH.Hf/c2*1-4-15-8-5-6-10-18(15)19-11-7-9-16-12-17(14(2)3)13-20(16)19;1-3-2;;;/h2*5-14H,4H2,1-3H3;3H,1-2H3;2*1H;/q;;;;;+2/p-2. The van der Waals surface area contributed by atoms with Crippen molar-refractivity contribution in [2.45, 2.75) is 74.8 Å². The Morgan fingerprint density at radius 3 is 1.28 bits per heavy atom. The Bertz CT molecular complexity index is 1730. The van der Waals surface area contributed by atoms with Crippen molar-refractivity contribution < 1.29 is 15.3 Å². The average Bonchev–Trinajstić information content (AvgIpc) is 3.66. The molecule has 2 aliphatic rings. The molecule has 0 aromatic heterocycles. The van der Waals surface area contributed by atoms with Gasteiger partial charge < -0.3 is 0 Å². The minimum atomic E-state index is -5.04. The molecule has 2 aliphatic carbocycles. The molecule has 0 nitrogen and oxygen atoms in total. The fourth-order valence-corrected chi connectivity index (χ4v) is 53.2. The molecule has 0 heterocycles.